The lowest BCUT2D eigenvalue weighted by molar-refractivity contribution is -0.145. The average Bonchev–Trinajstić information content (AvgIpc) is 2.86. The van der Waals surface area contributed by atoms with Crippen LogP contribution in [0.3, 0.4) is 0 Å². The van der Waals surface area contributed by atoms with Gasteiger partial charge in [0, 0.05) is 12.2 Å². The lowest BCUT2D eigenvalue weighted by atomic mass is 10.1. The summed E-state index contributed by atoms with van der Waals surface area (Å²) in [6.45, 7) is 2.58. The number of carboxylic acids is 1. The summed E-state index contributed by atoms with van der Waals surface area (Å²) in [4.78, 5) is 34.4. The molecule has 1 aliphatic heterocycles. The Morgan fingerprint density at radius 1 is 1.38 bits per heavy atom. The van der Waals surface area contributed by atoms with E-state index in [1.54, 1.807) is 11.8 Å². The molecule has 0 aliphatic carbocycles. The van der Waals surface area contributed by atoms with E-state index in [0.29, 0.717) is 6.42 Å². The normalized spacial score (nSPS) is 21.4. The summed E-state index contributed by atoms with van der Waals surface area (Å²) in [6.07, 6.45) is 1.95. The molecule has 21 heavy (non-hydrogen) atoms. The molecule has 1 rings (SSSR count). The number of hydrogen-bond acceptors (Lipinski definition) is 5. The maximum atomic E-state index is 12.2. The van der Waals surface area contributed by atoms with Crippen molar-refractivity contribution in [3.63, 3.8) is 0 Å². The fraction of sp³-hybridized carbons (Fsp3) is 0.615. The molecule has 7 nitrogen and oxygen atoms in total. The Kier molecular flexibility index (Phi) is 6.70. The second-order valence-electron chi connectivity index (χ2n) is 4.92. The van der Waals surface area contributed by atoms with Crippen LogP contribution in [0, 0.1) is 0 Å². The topological polar surface area (TPSA) is 116 Å². The summed E-state index contributed by atoms with van der Waals surface area (Å²) >= 11 is 1.57. The van der Waals surface area contributed by atoms with Gasteiger partial charge in [-0.05, 0) is 25.2 Å². The molecule has 0 radical (unpaired) electrons. The number of carbonyl (C=O) groups is 3. The van der Waals surface area contributed by atoms with Gasteiger partial charge < -0.3 is 20.8 Å². The number of carbonyl (C=O) groups excluding carboxylic acids is 2. The van der Waals surface area contributed by atoms with Gasteiger partial charge in [-0.15, -0.1) is 11.8 Å². The van der Waals surface area contributed by atoms with E-state index >= 15 is 0 Å². The molecule has 0 fully saturated rings. The highest BCUT2D eigenvalue weighted by atomic mass is 32.2. The monoisotopic (exact) mass is 316 g/mol. The van der Waals surface area contributed by atoms with Gasteiger partial charge in [-0.25, -0.2) is 4.79 Å². The van der Waals surface area contributed by atoms with E-state index in [9.17, 15) is 19.5 Å². The predicted molar refractivity (Wildman–Crippen MR) is 78.6 cm³/mol. The van der Waals surface area contributed by atoms with Crippen molar-refractivity contribution in [3.8, 4) is 0 Å². The van der Waals surface area contributed by atoms with Crippen molar-refractivity contribution >= 4 is 29.5 Å². The molecule has 0 spiro atoms. The van der Waals surface area contributed by atoms with Crippen LogP contribution < -0.4 is 10.6 Å². The SMILES string of the molecule is CC(=O)N[C@@H](CC1CC=CS1)C(=O)N[C@H](C(=O)O)[C@@H](C)O. The van der Waals surface area contributed by atoms with Crippen LogP contribution in [-0.4, -0.2) is 51.4 Å². The number of allylic oxidation sites excluding steroid dienone is 1. The third-order valence-electron chi connectivity index (χ3n) is 3.01. The van der Waals surface area contributed by atoms with Gasteiger partial charge in [0.1, 0.15) is 6.04 Å². The fourth-order valence-electron chi connectivity index (χ4n) is 1.96. The first-order chi connectivity index (χ1) is 9.81. The Morgan fingerprint density at radius 2 is 2.05 bits per heavy atom. The van der Waals surface area contributed by atoms with Crippen LogP contribution in [0.5, 0.6) is 0 Å². The maximum Gasteiger partial charge on any atom is 0.328 e. The van der Waals surface area contributed by atoms with Crippen molar-refractivity contribution in [1.82, 2.24) is 10.6 Å². The quantitative estimate of drug-likeness (QED) is 0.519. The van der Waals surface area contributed by atoms with Crippen molar-refractivity contribution < 1.29 is 24.6 Å². The van der Waals surface area contributed by atoms with E-state index in [2.05, 4.69) is 10.6 Å². The van der Waals surface area contributed by atoms with Crippen LogP contribution >= 0.6 is 11.8 Å². The van der Waals surface area contributed by atoms with E-state index in [4.69, 9.17) is 5.11 Å². The van der Waals surface area contributed by atoms with Crippen molar-refractivity contribution in [3.05, 3.63) is 11.5 Å². The highest BCUT2D eigenvalue weighted by Crippen LogP contribution is 2.27. The molecular formula is C13H20N2O5S. The number of amides is 2. The largest absolute Gasteiger partial charge is 0.480 e. The molecule has 0 aromatic rings. The molecule has 0 bridgehead atoms. The minimum absolute atomic E-state index is 0.169. The van der Waals surface area contributed by atoms with Crippen LogP contribution in [0.1, 0.15) is 26.7 Å². The number of aliphatic carboxylic acids is 1. The predicted octanol–water partition coefficient (Wildman–Crippen LogP) is -0.149. The zero-order valence-corrected chi connectivity index (χ0v) is 12.7. The standard InChI is InChI=1S/C13H20N2O5S/c1-7(16)11(13(19)20)15-12(18)10(14-8(2)17)6-9-4-3-5-21-9/h3,5,7,9-11,16H,4,6H2,1-2H3,(H,14,17)(H,15,18)(H,19,20)/t7-,9?,10+,11+/m1/s1. The summed E-state index contributed by atoms with van der Waals surface area (Å²) < 4.78 is 0. The Labute approximate surface area is 127 Å². The van der Waals surface area contributed by atoms with Crippen LogP contribution in [0.2, 0.25) is 0 Å². The van der Waals surface area contributed by atoms with E-state index in [1.807, 2.05) is 11.5 Å². The number of thioether (sulfide) groups is 1. The molecule has 1 aliphatic rings. The average molecular weight is 316 g/mol. The molecule has 0 aromatic carbocycles. The van der Waals surface area contributed by atoms with Gasteiger partial charge in [0.05, 0.1) is 6.10 Å². The Hall–Kier alpha value is -1.54. The van der Waals surface area contributed by atoms with Crippen LogP contribution in [0.25, 0.3) is 0 Å². The molecule has 0 saturated heterocycles. The third-order valence-corrected chi connectivity index (χ3v) is 4.12. The molecule has 4 atom stereocenters. The van der Waals surface area contributed by atoms with E-state index in [0.717, 1.165) is 6.42 Å². The smallest absolute Gasteiger partial charge is 0.328 e. The second kappa shape index (κ2) is 8.04. The Morgan fingerprint density at radius 3 is 2.48 bits per heavy atom. The highest BCUT2D eigenvalue weighted by Gasteiger charge is 2.30. The third kappa shape index (κ3) is 5.76. The summed E-state index contributed by atoms with van der Waals surface area (Å²) in [5, 5.41) is 25.2. The molecule has 8 heteroatoms. The highest BCUT2D eigenvalue weighted by molar-refractivity contribution is 8.03. The van der Waals surface area contributed by atoms with Crippen LogP contribution in [-0.2, 0) is 14.4 Å². The molecule has 4 N–H and O–H groups in total. The number of aliphatic hydroxyl groups excluding tert-OH is 1. The van der Waals surface area contributed by atoms with E-state index < -0.39 is 30.1 Å². The summed E-state index contributed by atoms with van der Waals surface area (Å²) in [7, 11) is 0. The van der Waals surface area contributed by atoms with Gasteiger partial charge in [0.2, 0.25) is 11.8 Å². The van der Waals surface area contributed by atoms with E-state index in [-0.39, 0.29) is 11.2 Å². The van der Waals surface area contributed by atoms with Gasteiger partial charge in [0.25, 0.3) is 0 Å². The van der Waals surface area contributed by atoms with Crippen molar-refractivity contribution in [2.24, 2.45) is 0 Å². The first-order valence-electron chi connectivity index (χ1n) is 6.60. The fourth-order valence-corrected chi connectivity index (χ4v) is 2.93. The minimum Gasteiger partial charge on any atom is -0.480 e. The number of aliphatic hydroxyl groups is 1. The van der Waals surface area contributed by atoms with Crippen molar-refractivity contribution in [2.45, 2.75) is 50.1 Å². The number of nitrogens with one attached hydrogen (secondary N) is 2. The van der Waals surface area contributed by atoms with Crippen molar-refractivity contribution in [2.75, 3.05) is 0 Å². The first-order valence-corrected chi connectivity index (χ1v) is 7.54. The van der Waals surface area contributed by atoms with Gasteiger partial charge in [0.15, 0.2) is 6.04 Å². The second-order valence-corrected chi connectivity index (χ2v) is 6.13. The molecule has 118 valence electrons. The lowest BCUT2D eigenvalue weighted by Gasteiger charge is -2.24. The molecular weight excluding hydrogens is 296 g/mol. The van der Waals surface area contributed by atoms with Crippen LogP contribution in [0.4, 0.5) is 0 Å². The van der Waals surface area contributed by atoms with Gasteiger partial charge in [-0.2, -0.15) is 0 Å². The minimum atomic E-state index is -1.40. The lowest BCUT2D eigenvalue weighted by Crippen LogP contribution is -2.55. The molecule has 1 unspecified atom stereocenters. The molecule has 2 amide bonds. The molecule has 1 heterocycles. The van der Waals surface area contributed by atoms with Gasteiger partial charge in [-0.1, -0.05) is 6.08 Å². The zero-order chi connectivity index (χ0) is 16.0. The Bertz CT molecular complexity index is 430. The molecule has 0 aromatic heterocycles. The number of carboxylic acid groups (broad SMARTS) is 1. The number of rotatable bonds is 7. The van der Waals surface area contributed by atoms with Crippen molar-refractivity contribution in [1.29, 1.82) is 0 Å². The zero-order valence-electron chi connectivity index (χ0n) is 11.9. The van der Waals surface area contributed by atoms with Crippen LogP contribution in [0.15, 0.2) is 11.5 Å². The summed E-state index contributed by atoms with van der Waals surface area (Å²) in [5.41, 5.74) is 0. The maximum absolute atomic E-state index is 12.2. The van der Waals surface area contributed by atoms with Gasteiger partial charge >= 0.3 is 5.97 Å². The summed E-state index contributed by atoms with van der Waals surface area (Å²) in [6, 6.07) is -2.22. The number of hydrogen-bond donors (Lipinski definition) is 4. The van der Waals surface area contributed by atoms with Gasteiger partial charge in [-0.3, -0.25) is 9.59 Å². The van der Waals surface area contributed by atoms with E-state index in [1.165, 1.54) is 13.8 Å². The summed E-state index contributed by atoms with van der Waals surface area (Å²) in [5.74, 6) is -2.29. The Balaban J connectivity index is 2.69. The first kappa shape index (κ1) is 17.5. The molecule has 0 saturated carbocycles.